The summed E-state index contributed by atoms with van der Waals surface area (Å²) in [5.74, 6) is -3.35. The molecule has 7 nitrogen and oxygen atoms in total. The van der Waals surface area contributed by atoms with Crippen molar-refractivity contribution in [2.45, 2.75) is 6.92 Å². The summed E-state index contributed by atoms with van der Waals surface area (Å²) < 4.78 is 14.2. The zero-order valence-corrected chi connectivity index (χ0v) is 13.1. The quantitative estimate of drug-likeness (QED) is 0.247. The third-order valence-corrected chi connectivity index (χ3v) is 2.62. The fourth-order valence-electron chi connectivity index (χ4n) is 1.50. The van der Waals surface area contributed by atoms with Crippen molar-refractivity contribution in [3.05, 3.63) is 60.2 Å². The minimum atomic E-state index is -0.999. The standard InChI is InChI=1S/C17H16O7/c1-4-14(18)24-17(21)13-8-6-5-7-12(13)16(20)23-10-9-22-15(19)11(2)3/h4-8H,1-2,9-10H2,3H3. The Bertz CT molecular complexity index is 688. The average molecular weight is 332 g/mol. The summed E-state index contributed by atoms with van der Waals surface area (Å²) in [6, 6.07) is 5.68. The number of benzene rings is 1. The van der Waals surface area contributed by atoms with E-state index in [-0.39, 0.29) is 29.9 Å². The molecule has 0 radical (unpaired) electrons. The molecule has 0 aliphatic rings. The number of ether oxygens (including phenoxy) is 3. The first-order chi connectivity index (χ1) is 11.4. The van der Waals surface area contributed by atoms with Gasteiger partial charge in [-0.2, -0.15) is 0 Å². The number of carbonyl (C=O) groups is 4. The average Bonchev–Trinajstić information content (AvgIpc) is 2.57. The molecule has 126 valence electrons. The van der Waals surface area contributed by atoms with Gasteiger partial charge >= 0.3 is 23.9 Å². The van der Waals surface area contributed by atoms with Crippen LogP contribution in [-0.2, 0) is 23.8 Å². The highest BCUT2D eigenvalue weighted by Crippen LogP contribution is 2.12. The summed E-state index contributed by atoms with van der Waals surface area (Å²) in [4.78, 5) is 46.1. The molecule has 0 amide bonds. The van der Waals surface area contributed by atoms with Gasteiger partial charge in [0.1, 0.15) is 13.2 Å². The van der Waals surface area contributed by atoms with Crippen molar-refractivity contribution in [1.82, 2.24) is 0 Å². The Kier molecular flexibility index (Phi) is 7.09. The van der Waals surface area contributed by atoms with E-state index in [0.29, 0.717) is 0 Å². The number of rotatable bonds is 7. The Morgan fingerprint density at radius 3 is 2.08 bits per heavy atom. The minimum absolute atomic E-state index is 0.0782. The van der Waals surface area contributed by atoms with E-state index in [1.807, 2.05) is 0 Å². The van der Waals surface area contributed by atoms with Gasteiger partial charge in [0, 0.05) is 11.6 Å². The first kappa shape index (κ1) is 18.8. The summed E-state index contributed by atoms with van der Waals surface area (Å²) in [5.41, 5.74) is 0.0172. The summed E-state index contributed by atoms with van der Waals surface area (Å²) in [7, 11) is 0. The van der Waals surface area contributed by atoms with Gasteiger partial charge < -0.3 is 14.2 Å². The van der Waals surface area contributed by atoms with Crippen molar-refractivity contribution < 1.29 is 33.4 Å². The highest BCUT2D eigenvalue weighted by molar-refractivity contribution is 6.06. The highest BCUT2D eigenvalue weighted by Gasteiger charge is 2.20. The second-order valence-electron chi connectivity index (χ2n) is 4.51. The van der Waals surface area contributed by atoms with Crippen LogP contribution in [0.15, 0.2) is 49.1 Å². The molecule has 0 bridgehead atoms. The molecule has 0 aliphatic carbocycles. The maximum absolute atomic E-state index is 12.0. The molecule has 0 heterocycles. The smallest absolute Gasteiger partial charge is 0.346 e. The second kappa shape index (κ2) is 9.04. The van der Waals surface area contributed by atoms with Gasteiger partial charge in [0.25, 0.3) is 0 Å². The largest absolute Gasteiger partial charge is 0.459 e. The van der Waals surface area contributed by atoms with Gasteiger partial charge in [0.15, 0.2) is 0 Å². The molecule has 0 spiro atoms. The lowest BCUT2D eigenvalue weighted by Gasteiger charge is -2.09. The molecule has 0 N–H and O–H groups in total. The van der Waals surface area contributed by atoms with E-state index in [2.05, 4.69) is 17.9 Å². The molecule has 24 heavy (non-hydrogen) atoms. The van der Waals surface area contributed by atoms with Crippen LogP contribution >= 0.6 is 0 Å². The SMILES string of the molecule is C=CC(=O)OC(=O)c1ccccc1C(=O)OCCOC(=O)C(=C)C. The number of hydrogen-bond acceptors (Lipinski definition) is 7. The summed E-state index contributed by atoms with van der Waals surface area (Å²) in [6.45, 7) is 7.72. The first-order valence-electron chi connectivity index (χ1n) is 6.84. The monoisotopic (exact) mass is 332 g/mol. The van der Waals surface area contributed by atoms with E-state index in [1.54, 1.807) is 0 Å². The zero-order chi connectivity index (χ0) is 18.1. The second-order valence-corrected chi connectivity index (χ2v) is 4.51. The predicted octanol–water partition coefficient (Wildman–Crippen LogP) is 1.83. The van der Waals surface area contributed by atoms with Crippen molar-refractivity contribution in [2.75, 3.05) is 13.2 Å². The maximum Gasteiger partial charge on any atom is 0.346 e. The maximum atomic E-state index is 12.0. The molecule has 0 aromatic heterocycles. The molecule has 1 rings (SSSR count). The van der Waals surface area contributed by atoms with Gasteiger partial charge in [-0.15, -0.1) is 0 Å². The molecule has 0 fully saturated rings. The highest BCUT2D eigenvalue weighted by atomic mass is 16.6. The van der Waals surface area contributed by atoms with Crippen LogP contribution in [0.5, 0.6) is 0 Å². The van der Waals surface area contributed by atoms with E-state index in [0.717, 1.165) is 6.08 Å². The Labute approximate surface area is 138 Å². The molecular formula is C17H16O7. The Morgan fingerprint density at radius 2 is 1.54 bits per heavy atom. The molecule has 1 aromatic rings. The minimum Gasteiger partial charge on any atom is -0.459 e. The number of esters is 4. The van der Waals surface area contributed by atoms with Gasteiger partial charge in [-0.3, -0.25) is 0 Å². The molecule has 0 aliphatic heterocycles. The fourth-order valence-corrected chi connectivity index (χ4v) is 1.50. The van der Waals surface area contributed by atoms with Crippen LogP contribution < -0.4 is 0 Å². The first-order valence-corrected chi connectivity index (χ1v) is 6.84. The van der Waals surface area contributed by atoms with Crippen molar-refractivity contribution in [1.29, 1.82) is 0 Å². The summed E-state index contributed by atoms with van der Waals surface area (Å²) in [6.07, 6.45) is 0.828. The van der Waals surface area contributed by atoms with E-state index in [1.165, 1.54) is 31.2 Å². The third-order valence-electron chi connectivity index (χ3n) is 2.62. The summed E-state index contributed by atoms with van der Waals surface area (Å²) in [5, 5.41) is 0. The van der Waals surface area contributed by atoms with Crippen molar-refractivity contribution in [3.8, 4) is 0 Å². The lowest BCUT2D eigenvalue weighted by molar-refractivity contribution is -0.140. The molecule has 0 saturated heterocycles. The Morgan fingerprint density at radius 1 is 1.00 bits per heavy atom. The number of carbonyl (C=O) groups excluding carboxylic acids is 4. The topological polar surface area (TPSA) is 96.0 Å². The van der Waals surface area contributed by atoms with Gasteiger partial charge in [-0.25, -0.2) is 19.2 Å². The Balaban J connectivity index is 2.69. The van der Waals surface area contributed by atoms with E-state index < -0.39 is 23.9 Å². The van der Waals surface area contributed by atoms with E-state index >= 15 is 0 Å². The lowest BCUT2D eigenvalue weighted by atomic mass is 10.1. The van der Waals surface area contributed by atoms with Crippen LogP contribution in [0.1, 0.15) is 27.6 Å². The molecule has 0 atom stereocenters. The van der Waals surface area contributed by atoms with Crippen LogP contribution in [0.4, 0.5) is 0 Å². The zero-order valence-electron chi connectivity index (χ0n) is 13.1. The lowest BCUT2D eigenvalue weighted by Crippen LogP contribution is -2.18. The van der Waals surface area contributed by atoms with Gasteiger partial charge in [0.05, 0.1) is 11.1 Å². The predicted molar refractivity (Wildman–Crippen MR) is 83.1 cm³/mol. The van der Waals surface area contributed by atoms with E-state index in [9.17, 15) is 19.2 Å². The van der Waals surface area contributed by atoms with Crippen LogP contribution in [0.2, 0.25) is 0 Å². The van der Waals surface area contributed by atoms with Crippen molar-refractivity contribution in [2.24, 2.45) is 0 Å². The van der Waals surface area contributed by atoms with E-state index in [4.69, 9.17) is 9.47 Å². The van der Waals surface area contributed by atoms with Crippen LogP contribution in [0, 0.1) is 0 Å². The summed E-state index contributed by atoms with van der Waals surface area (Å²) >= 11 is 0. The molecule has 0 unspecified atom stereocenters. The van der Waals surface area contributed by atoms with Crippen LogP contribution in [-0.4, -0.2) is 37.1 Å². The Hall–Kier alpha value is -3.22. The molecule has 7 heteroatoms. The van der Waals surface area contributed by atoms with Gasteiger partial charge in [0.2, 0.25) is 0 Å². The van der Waals surface area contributed by atoms with Crippen molar-refractivity contribution >= 4 is 23.9 Å². The van der Waals surface area contributed by atoms with Gasteiger partial charge in [-0.05, 0) is 19.1 Å². The molecule has 0 saturated carbocycles. The number of hydrogen-bond donors (Lipinski definition) is 0. The van der Waals surface area contributed by atoms with Crippen LogP contribution in [0.3, 0.4) is 0 Å². The van der Waals surface area contributed by atoms with Crippen LogP contribution in [0.25, 0.3) is 0 Å². The van der Waals surface area contributed by atoms with Crippen molar-refractivity contribution in [3.63, 3.8) is 0 Å². The molecular weight excluding hydrogens is 316 g/mol. The normalized spacial score (nSPS) is 9.54. The van der Waals surface area contributed by atoms with Gasteiger partial charge in [-0.1, -0.05) is 25.3 Å². The fraction of sp³-hybridized carbons (Fsp3) is 0.176. The molecule has 1 aromatic carbocycles. The third kappa shape index (κ3) is 5.53.